The summed E-state index contributed by atoms with van der Waals surface area (Å²) in [6.45, 7) is 0.443. The largest absolute Gasteiger partial charge is 0.497 e. The Hall–Kier alpha value is -2.36. The monoisotopic (exact) mass is 413 g/mol. The number of halogens is 1. The quantitative estimate of drug-likeness (QED) is 0.385. The second-order valence-corrected chi connectivity index (χ2v) is 7.84. The molecule has 1 N–H and O–H groups in total. The lowest BCUT2D eigenvalue weighted by Crippen LogP contribution is -2.24. The fourth-order valence-electron chi connectivity index (χ4n) is 2.39. The molecule has 2 aromatic rings. The van der Waals surface area contributed by atoms with Gasteiger partial charge in [-0.05, 0) is 29.8 Å². The van der Waals surface area contributed by atoms with Crippen LogP contribution in [0.5, 0.6) is 5.75 Å². The van der Waals surface area contributed by atoms with Gasteiger partial charge in [0.05, 0.1) is 16.9 Å². The molecule has 0 amide bonds. The van der Waals surface area contributed by atoms with Crippen LogP contribution in [0.3, 0.4) is 0 Å². The highest BCUT2D eigenvalue weighted by atomic mass is 35.5. The molecule has 2 aromatic carbocycles. The van der Waals surface area contributed by atoms with E-state index in [-0.39, 0.29) is 23.0 Å². The molecule has 146 valence electrons. The molecule has 0 radical (unpaired) electrons. The molecule has 27 heavy (non-hydrogen) atoms. The molecule has 0 saturated heterocycles. The Kier molecular flexibility index (Phi) is 7.00. The van der Waals surface area contributed by atoms with Crippen molar-refractivity contribution < 1.29 is 18.1 Å². The molecule has 0 aromatic heterocycles. The van der Waals surface area contributed by atoms with Gasteiger partial charge in [-0.15, -0.1) is 11.6 Å². The first kappa shape index (κ1) is 20.9. The summed E-state index contributed by atoms with van der Waals surface area (Å²) in [4.78, 5) is 12.2. The molecule has 2 rings (SSSR count). The highest BCUT2D eigenvalue weighted by Gasteiger charge is 2.23. The van der Waals surface area contributed by atoms with Gasteiger partial charge in [0.25, 0.3) is 5.69 Å². The third-order valence-corrected chi connectivity index (χ3v) is 5.48. The molecular weight excluding hydrogens is 394 g/mol. The first-order valence-corrected chi connectivity index (χ1v) is 9.98. The Morgan fingerprint density at radius 2 is 1.89 bits per heavy atom. The van der Waals surface area contributed by atoms with E-state index in [9.17, 15) is 18.5 Å². The summed E-state index contributed by atoms with van der Waals surface area (Å²) in [5.41, 5.74) is 0.733. The number of rotatable bonds is 9. The van der Waals surface area contributed by atoms with E-state index in [1.165, 1.54) is 12.1 Å². The van der Waals surface area contributed by atoms with E-state index in [0.717, 1.165) is 11.6 Å². The number of hydrogen-bond acceptors (Lipinski definition) is 6. The van der Waals surface area contributed by atoms with Gasteiger partial charge < -0.3 is 9.64 Å². The van der Waals surface area contributed by atoms with Crippen molar-refractivity contribution >= 4 is 33.0 Å². The zero-order valence-electron chi connectivity index (χ0n) is 14.9. The van der Waals surface area contributed by atoms with Crippen LogP contribution in [0.4, 0.5) is 11.4 Å². The van der Waals surface area contributed by atoms with E-state index < -0.39 is 14.9 Å². The number of benzene rings is 2. The summed E-state index contributed by atoms with van der Waals surface area (Å²) < 4.78 is 32.5. The zero-order chi connectivity index (χ0) is 20.0. The lowest BCUT2D eigenvalue weighted by atomic mass is 10.2. The van der Waals surface area contributed by atoms with Gasteiger partial charge >= 0.3 is 0 Å². The number of sulfonamides is 1. The van der Waals surface area contributed by atoms with Gasteiger partial charge in [0, 0.05) is 32.1 Å². The van der Waals surface area contributed by atoms with Crippen LogP contribution in [0.1, 0.15) is 5.56 Å². The Balaban J connectivity index is 2.23. The van der Waals surface area contributed by atoms with Crippen molar-refractivity contribution in [3.8, 4) is 5.75 Å². The Labute approximate surface area is 162 Å². The van der Waals surface area contributed by atoms with Gasteiger partial charge in [0.15, 0.2) is 0 Å². The maximum atomic E-state index is 12.5. The number of nitrogens with one attached hydrogen (secondary N) is 1. The average molecular weight is 414 g/mol. The SMILES string of the molecule is COc1ccc(CNS(=O)(=O)c2ccc(N(C)CCCl)c([N+](=O)[O-])c2)cc1. The van der Waals surface area contributed by atoms with Crippen LogP contribution in [0.25, 0.3) is 0 Å². The number of nitro groups is 1. The number of anilines is 1. The van der Waals surface area contributed by atoms with E-state index in [1.807, 2.05) is 0 Å². The first-order valence-electron chi connectivity index (χ1n) is 7.96. The molecule has 0 bridgehead atoms. The molecule has 0 saturated carbocycles. The molecule has 0 unspecified atom stereocenters. The molecule has 0 aliphatic heterocycles. The predicted octanol–water partition coefficient (Wildman–Crippen LogP) is 2.76. The lowest BCUT2D eigenvalue weighted by Gasteiger charge is -2.18. The third-order valence-electron chi connectivity index (χ3n) is 3.91. The minimum absolute atomic E-state index is 0.0496. The molecule has 8 nitrogen and oxygen atoms in total. The molecule has 0 heterocycles. The van der Waals surface area contributed by atoms with Crippen LogP contribution >= 0.6 is 11.6 Å². The van der Waals surface area contributed by atoms with Gasteiger partial charge in [0.1, 0.15) is 11.4 Å². The summed E-state index contributed by atoms with van der Waals surface area (Å²) >= 11 is 5.68. The van der Waals surface area contributed by atoms with Crippen LogP contribution in [-0.2, 0) is 16.6 Å². The minimum atomic E-state index is -3.92. The Morgan fingerprint density at radius 3 is 2.44 bits per heavy atom. The zero-order valence-corrected chi connectivity index (χ0v) is 16.5. The summed E-state index contributed by atoms with van der Waals surface area (Å²) in [6, 6.07) is 10.7. The third kappa shape index (κ3) is 5.31. The molecule has 0 spiro atoms. The van der Waals surface area contributed by atoms with Gasteiger partial charge in [-0.25, -0.2) is 13.1 Å². The molecule has 0 aliphatic rings. The van der Waals surface area contributed by atoms with Crippen molar-refractivity contribution in [1.82, 2.24) is 4.72 Å². The van der Waals surface area contributed by atoms with E-state index in [0.29, 0.717) is 18.0 Å². The summed E-state index contributed by atoms with van der Waals surface area (Å²) in [7, 11) is -0.721. The summed E-state index contributed by atoms with van der Waals surface area (Å²) in [5.74, 6) is 0.950. The molecule has 0 fully saturated rings. The number of nitrogens with zero attached hydrogens (tertiary/aromatic N) is 2. The number of nitro benzene ring substituents is 1. The van der Waals surface area contributed by atoms with E-state index in [2.05, 4.69) is 4.72 Å². The van der Waals surface area contributed by atoms with Crippen molar-refractivity contribution in [2.45, 2.75) is 11.4 Å². The van der Waals surface area contributed by atoms with Crippen LogP contribution in [0.2, 0.25) is 0 Å². The molecule has 10 heteroatoms. The summed E-state index contributed by atoms with van der Waals surface area (Å²) in [5, 5.41) is 11.4. The topological polar surface area (TPSA) is 102 Å². The van der Waals surface area contributed by atoms with E-state index >= 15 is 0 Å². The number of methoxy groups -OCH3 is 1. The second-order valence-electron chi connectivity index (χ2n) is 5.69. The lowest BCUT2D eigenvalue weighted by molar-refractivity contribution is -0.384. The molecule has 0 aliphatic carbocycles. The van der Waals surface area contributed by atoms with Crippen LogP contribution in [-0.4, -0.2) is 39.9 Å². The maximum Gasteiger partial charge on any atom is 0.293 e. The van der Waals surface area contributed by atoms with Gasteiger partial charge in [0.2, 0.25) is 10.0 Å². The first-order chi connectivity index (χ1) is 12.8. The molecule has 0 atom stereocenters. The smallest absolute Gasteiger partial charge is 0.293 e. The highest BCUT2D eigenvalue weighted by Crippen LogP contribution is 2.30. The number of hydrogen-bond donors (Lipinski definition) is 1. The fourth-order valence-corrected chi connectivity index (χ4v) is 3.68. The standard InChI is InChI=1S/C17H20ClN3O5S/c1-20(10-9-18)16-8-7-15(11-17(16)21(22)23)27(24,25)19-12-13-3-5-14(26-2)6-4-13/h3-8,11,19H,9-10,12H2,1-2H3. The number of alkyl halides is 1. The Morgan fingerprint density at radius 1 is 1.22 bits per heavy atom. The van der Waals surface area contributed by atoms with Crippen molar-refractivity contribution in [2.75, 3.05) is 31.5 Å². The van der Waals surface area contributed by atoms with Crippen molar-refractivity contribution in [3.05, 3.63) is 58.1 Å². The minimum Gasteiger partial charge on any atom is -0.497 e. The van der Waals surface area contributed by atoms with Crippen LogP contribution in [0, 0.1) is 10.1 Å². The van der Waals surface area contributed by atoms with Gasteiger partial charge in [-0.1, -0.05) is 12.1 Å². The van der Waals surface area contributed by atoms with Crippen molar-refractivity contribution in [1.29, 1.82) is 0 Å². The average Bonchev–Trinajstić information content (AvgIpc) is 2.66. The van der Waals surface area contributed by atoms with Crippen molar-refractivity contribution in [2.24, 2.45) is 0 Å². The van der Waals surface area contributed by atoms with E-state index in [4.69, 9.17) is 16.3 Å². The predicted molar refractivity (Wildman–Crippen MR) is 104 cm³/mol. The van der Waals surface area contributed by atoms with Crippen LogP contribution < -0.4 is 14.4 Å². The van der Waals surface area contributed by atoms with Crippen molar-refractivity contribution in [3.63, 3.8) is 0 Å². The van der Waals surface area contributed by atoms with Gasteiger partial charge in [-0.2, -0.15) is 0 Å². The normalized spacial score (nSPS) is 11.2. The Bertz CT molecular complexity index is 903. The second kappa shape index (κ2) is 9.03. The molecular formula is C17H20ClN3O5S. The highest BCUT2D eigenvalue weighted by molar-refractivity contribution is 7.89. The number of ether oxygens (including phenoxy) is 1. The van der Waals surface area contributed by atoms with Gasteiger partial charge in [-0.3, -0.25) is 10.1 Å². The van der Waals surface area contributed by atoms with E-state index in [1.54, 1.807) is 43.3 Å². The maximum absolute atomic E-state index is 12.5. The fraction of sp³-hybridized carbons (Fsp3) is 0.294. The van der Waals surface area contributed by atoms with Crippen LogP contribution in [0.15, 0.2) is 47.4 Å². The summed E-state index contributed by atoms with van der Waals surface area (Å²) in [6.07, 6.45) is 0.